The maximum Gasteiger partial charge on any atom is 0.262 e. The lowest BCUT2D eigenvalue weighted by Gasteiger charge is -2.08. The average Bonchev–Trinajstić information content (AvgIpc) is 2.00. The Hall–Kier alpha value is -1.10. The zero-order chi connectivity index (χ0) is 10.3. The molecule has 0 aromatic rings. The van der Waals surface area contributed by atoms with Crippen LogP contribution in [0.2, 0.25) is 0 Å². The number of allylic oxidation sites excluding steroid dienone is 1. The molecular weight excluding hydrogens is 186 g/mol. The summed E-state index contributed by atoms with van der Waals surface area (Å²) < 4.78 is 0. The molecule has 0 aromatic heterocycles. The van der Waals surface area contributed by atoms with Crippen molar-refractivity contribution in [3.63, 3.8) is 0 Å². The fourth-order valence-corrected chi connectivity index (χ4v) is 0.817. The minimum atomic E-state index is -0.208. The van der Waals surface area contributed by atoms with Gasteiger partial charge in [0.25, 0.3) is 5.91 Å². The third-order valence-corrected chi connectivity index (χ3v) is 1.30. The van der Waals surface area contributed by atoms with Crippen molar-refractivity contribution >= 4 is 23.2 Å². The lowest BCUT2D eigenvalue weighted by atomic mass is 10.3. The molecule has 0 rings (SSSR count). The highest BCUT2D eigenvalue weighted by atomic mass is 32.1. The number of hydrogen-bond acceptors (Lipinski definition) is 2. The number of carbonyl (C=O) groups is 1. The van der Waals surface area contributed by atoms with E-state index in [2.05, 4.69) is 16.2 Å². The van der Waals surface area contributed by atoms with Crippen LogP contribution in [0.25, 0.3) is 0 Å². The molecule has 4 nitrogen and oxygen atoms in total. The SMILES string of the molecule is CCNC(=S)NNC(=O)C=C(C)C. The Labute approximate surface area is 83.7 Å². The monoisotopic (exact) mass is 201 g/mol. The summed E-state index contributed by atoms with van der Waals surface area (Å²) >= 11 is 4.83. The summed E-state index contributed by atoms with van der Waals surface area (Å²) in [7, 11) is 0. The van der Waals surface area contributed by atoms with Crippen LogP contribution < -0.4 is 16.2 Å². The first-order valence-electron chi connectivity index (χ1n) is 4.05. The molecule has 0 aliphatic carbocycles. The van der Waals surface area contributed by atoms with E-state index < -0.39 is 0 Å². The lowest BCUT2D eigenvalue weighted by Crippen LogP contribution is -2.46. The van der Waals surface area contributed by atoms with Gasteiger partial charge in [-0.1, -0.05) is 5.57 Å². The van der Waals surface area contributed by atoms with Crippen LogP contribution in [0, 0.1) is 0 Å². The molecule has 0 bridgehead atoms. The Kier molecular flexibility index (Phi) is 5.88. The highest BCUT2D eigenvalue weighted by molar-refractivity contribution is 7.80. The van der Waals surface area contributed by atoms with Crippen molar-refractivity contribution in [1.29, 1.82) is 0 Å². The first-order valence-corrected chi connectivity index (χ1v) is 4.45. The Morgan fingerprint density at radius 1 is 1.38 bits per heavy atom. The van der Waals surface area contributed by atoms with Crippen LogP contribution in [-0.2, 0) is 4.79 Å². The van der Waals surface area contributed by atoms with Crippen molar-refractivity contribution in [2.24, 2.45) is 0 Å². The molecule has 0 saturated heterocycles. The lowest BCUT2D eigenvalue weighted by molar-refractivity contribution is -0.117. The maximum atomic E-state index is 11.0. The predicted molar refractivity (Wildman–Crippen MR) is 57.0 cm³/mol. The van der Waals surface area contributed by atoms with Crippen molar-refractivity contribution in [1.82, 2.24) is 16.2 Å². The third kappa shape index (κ3) is 7.27. The highest BCUT2D eigenvalue weighted by Gasteiger charge is 1.95. The van der Waals surface area contributed by atoms with Gasteiger partial charge < -0.3 is 5.32 Å². The first kappa shape index (κ1) is 11.9. The summed E-state index contributed by atoms with van der Waals surface area (Å²) in [6, 6.07) is 0. The number of carbonyl (C=O) groups excluding carboxylic acids is 1. The van der Waals surface area contributed by atoms with Gasteiger partial charge in [0, 0.05) is 12.6 Å². The Bertz CT molecular complexity index is 221. The fraction of sp³-hybridized carbons (Fsp3) is 0.500. The molecule has 0 spiro atoms. The molecule has 0 heterocycles. The summed E-state index contributed by atoms with van der Waals surface area (Å²) in [5.74, 6) is -0.208. The molecule has 0 aromatic carbocycles. The zero-order valence-electron chi connectivity index (χ0n) is 8.10. The molecule has 5 heteroatoms. The normalized spacial score (nSPS) is 8.54. The fourth-order valence-electron chi connectivity index (χ4n) is 0.621. The molecule has 0 aliphatic heterocycles. The van der Waals surface area contributed by atoms with Crippen LogP contribution in [0.5, 0.6) is 0 Å². The number of hydrogen-bond donors (Lipinski definition) is 3. The van der Waals surface area contributed by atoms with E-state index in [1.165, 1.54) is 6.08 Å². The van der Waals surface area contributed by atoms with Crippen molar-refractivity contribution < 1.29 is 4.79 Å². The van der Waals surface area contributed by atoms with Crippen LogP contribution in [0.3, 0.4) is 0 Å². The van der Waals surface area contributed by atoms with E-state index >= 15 is 0 Å². The molecule has 0 radical (unpaired) electrons. The van der Waals surface area contributed by atoms with Gasteiger partial charge in [-0.25, -0.2) is 0 Å². The van der Waals surface area contributed by atoms with Gasteiger partial charge in [0.1, 0.15) is 0 Å². The molecule has 0 fully saturated rings. The zero-order valence-corrected chi connectivity index (χ0v) is 8.92. The van der Waals surface area contributed by atoms with Crippen molar-refractivity contribution in [2.75, 3.05) is 6.54 Å². The quantitative estimate of drug-likeness (QED) is 0.345. The van der Waals surface area contributed by atoms with Gasteiger partial charge in [-0.15, -0.1) is 0 Å². The van der Waals surface area contributed by atoms with Gasteiger partial charge in [-0.3, -0.25) is 15.6 Å². The molecule has 1 amide bonds. The minimum absolute atomic E-state index is 0.208. The molecule has 0 unspecified atom stereocenters. The summed E-state index contributed by atoms with van der Waals surface area (Å²) in [6.07, 6.45) is 1.49. The molecule has 74 valence electrons. The highest BCUT2D eigenvalue weighted by Crippen LogP contribution is 1.85. The third-order valence-electron chi connectivity index (χ3n) is 1.06. The molecular formula is C8H15N3OS. The largest absolute Gasteiger partial charge is 0.362 e. The summed E-state index contributed by atoms with van der Waals surface area (Å²) in [6.45, 7) is 6.35. The summed E-state index contributed by atoms with van der Waals surface area (Å²) in [4.78, 5) is 11.0. The molecule has 3 N–H and O–H groups in total. The van der Waals surface area contributed by atoms with Crippen LogP contribution in [-0.4, -0.2) is 17.6 Å². The number of nitrogens with one attached hydrogen (secondary N) is 3. The second kappa shape index (κ2) is 6.42. The number of thiocarbonyl (C=S) groups is 1. The average molecular weight is 201 g/mol. The summed E-state index contributed by atoms with van der Waals surface area (Å²) in [5, 5.41) is 3.25. The minimum Gasteiger partial charge on any atom is -0.362 e. The molecule has 0 aliphatic rings. The number of hydrazine groups is 1. The maximum absolute atomic E-state index is 11.0. The van der Waals surface area contributed by atoms with Gasteiger partial charge in [-0.2, -0.15) is 0 Å². The van der Waals surface area contributed by atoms with Crippen LogP contribution in [0.15, 0.2) is 11.6 Å². The predicted octanol–water partition coefficient (Wildman–Crippen LogP) is 0.468. The second-order valence-corrected chi connectivity index (χ2v) is 3.10. The number of amides is 1. The standard InChI is InChI=1S/C8H15N3OS/c1-4-9-8(13)11-10-7(12)5-6(2)3/h5H,4H2,1-3H3,(H,10,12)(H2,9,11,13). The van der Waals surface area contributed by atoms with Crippen LogP contribution in [0.1, 0.15) is 20.8 Å². The van der Waals surface area contributed by atoms with Crippen molar-refractivity contribution in [3.8, 4) is 0 Å². The Morgan fingerprint density at radius 3 is 2.46 bits per heavy atom. The second-order valence-electron chi connectivity index (χ2n) is 2.70. The van der Waals surface area contributed by atoms with Gasteiger partial charge in [0.15, 0.2) is 5.11 Å². The van der Waals surface area contributed by atoms with E-state index in [9.17, 15) is 4.79 Å². The van der Waals surface area contributed by atoms with Crippen molar-refractivity contribution in [2.45, 2.75) is 20.8 Å². The summed E-state index contributed by atoms with van der Waals surface area (Å²) in [5.41, 5.74) is 5.93. The van der Waals surface area contributed by atoms with E-state index in [0.29, 0.717) is 5.11 Å². The van der Waals surface area contributed by atoms with Gasteiger partial charge in [0.05, 0.1) is 0 Å². The van der Waals surface area contributed by atoms with E-state index in [-0.39, 0.29) is 5.91 Å². The molecule has 0 atom stereocenters. The Balaban J connectivity index is 3.71. The van der Waals surface area contributed by atoms with Gasteiger partial charge in [0.2, 0.25) is 0 Å². The van der Waals surface area contributed by atoms with Crippen LogP contribution in [0.4, 0.5) is 0 Å². The topological polar surface area (TPSA) is 53.2 Å². The van der Waals surface area contributed by atoms with E-state index in [1.807, 2.05) is 20.8 Å². The molecule has 0 saturated carbocycles. The van der Waals surface area contributed by atoms with Gasteiger partial charge >= 0.3 is 0 Å². The number of rotatable bonds is 2. The van der Waals surface area contributed by atoms with Crippen LogP contribution >= 0.6 is 12.2 Å². The first-order chi connectivity index (χ1) is 6.06. The van der Waals surface area contributed by atoms with E-state index in [1.54, 1.807) is 0 Å². The van der Waals surface area contributed by atoms with E-state index in [4.69, 9.17) is 12.2 Å². The van der Waals surface area contributed by atoms with E-state index in [0.717, 1.165) is 12.1 Å². The van der Waals surface area contributed by atoms with Gasteiger partial charge in [-0.05, 0) is 33.0 Å². The smallest absolute Gasteiger partial charge is 0.262 e. The Morgan fingerprint density at radius 2 is 2.00 bits per heavy atom. The molecule has 13 heavy (non-hydrogen) atoms. The van der Waals surface area contributed by atoms with Crippen molar-refractivity contribution in [3.05, 3.63) is 11.6 Å².